The molecule has 2 aromatic rings. The second-order valence-electron chi connectivity index (χ2n) is 7.03. The molecule has 0 saturated heterocycles. The molecule has 2 rings (SSSR count). The molecule has 0 bridgehead atoms. The summed E-state index contributed by atoms with van der Waals surface area (Å²) in [4.78, 5) is 12.2. The minimum absolute atomic E-state index is 0.142. The Morgan fingerprint density at radius 1 is 1.04 bits per heavy atom. The quantitative estimate of drug-likeness (QED) is 0.764. The molecule has 4 nitrogen and oxygen atoms in total. The van der Waals surface area contributed by atoms with Crippen LogP contribution < -0.4 is 10.8 Å². The third kappa shape index (κ3) is 5.44. The maximum absolute atomic E-state index is 12.2. The summed E-state index contributed by atoms with van der Waals surface area (Å²) < 4.78 is 5.77. The van der Waals surface area contributed by atoms with Crippen molar-refractivity contribution in [2.24, 2.45) is 0 Å². The monoisotopic (exact) mass is 338 g/mol. The van der Waals surface area contributed by atoms with Crippen LogP contribution in [-0.2, 0) is 4.74 Å². The molecule has 131 valence electrons. The van der Waals surface area contributed by atoms with E-state index in [0.717, 1.165) is 11.2 Å². The number of carbonyl (C=O) groups excluding carboxylic acids is 1. The first-order chi connectivity index (χ1) is 11.7. The summed E-state index contributed by atoms with van der Waals surface area (Å²) in [6.07, 6.45) is 0. The number of ether oxygens (including phenoxy) is 1. The Hall–Kier alpha value is -2.11. The van der Waals surface area contributed by atoms with Crippen molar-refractivity contribution in [2.45, 2.75) is 38.9 Å². The van der Waals surface area contributed by atoms with Crippen LogP contribution in [0.5, 0.6) is 0 Å². The van der Waals surface area contributed by atoms with Crippen LogP contribution >= 0.6 is 0 Å². The fraction of sp³-hybridized carbons (Fsp3) is 0.350. The molecule has 0 heterocycles. The Morgan fingerprint density at radius 3 is 2.20 bits per heavy atom. The van der Waals surface area contributed by atoms with E-state index < -0.39 is 11.2 Å². The molecular formula is C20H25BNO3. The average molecular weight is 338 g/mol. The molecule has 0 spiro atoms. The van der Waals surface area contributed by atoms with Crippen molar-refractivity contribution >= 4 is 24.3 Å². The van der Waals surface area contributed by atoms with Gasteiger partial charge in [0.2, 0.25) is 0 Å². The zero-order valence-corrected chi connectivity index (χ0v) is 15.2. The lowest BCUT2D eigenvalue weighted by atomic mass is 9.71. The van der Waals surface area contributed by atoms with Gasteiger partial charge in [0.1, 0.15) is 0 Å². The van der Waals surface area contributed by atoms with E-state index in [0.29, 0.717) is 12.1 Å². The summed E-state index contributed by atoms with van der Waals surface area (Å²) in [6.45, 7) is 7.56. The van der Waals surface area contributed by atoms with Crippen LogP contribution in [0.2, 0.25) is 0 Å². The third-order valence-electron chi connectivity index (χ3n) is 4.44. The van der Waals surface area contributed by atoms with E-state index in [1.165, 1.54) is 0 Å². The second-order valence-corrected chi connectivity index (χ2v) is 7.03. The van der Waals surface area contributed by atoms with E-state index in [9.17, 15) is 9.90 Å². The van der Waals surface area contributed by atoms with E-state index in [-0.39, 0.29) is 5.91 Å². The van der Waals surface area contributed by atoms with Gasteiger partial charge >= 0.3 is 0 Å². The van der Waals surface area contributed by atoms with Crippen molar-refractivity contribution < 1.29 is 14.6 Å². The van der Waals surface area contributed by atoms with Crippen LogP contribution in [0.15, 0.2) is 54.6 Å². The lowest BCUT2D eigenvalue weighted by Gasteiger charge is -2.37. The Labute approximate surface area is 150 Å². The highest BCUT2D eigenvalue weighted by atomic mass is 16.5. The molecule has 0 aromatic heterocycles. The molecule has 0 saturated carbocycles. The van der Waals surface area contributed by atoms with Crippen LogP contribution in [0.3, 0.4) is 0 Å². The highest BCUT2D eigenvalue weighted by Crippen LogP contribution is 2.24. The second kappa shape index (κ2) is 7.85. The van der Waals surface area contributed by atoms with Crippen LogP contribution in [0.1, 0.15) is 38.1 Å². The van der Waals surface area contributed by atoms with Crippen LogP contribution in [0.4, 0.5) is 5.69 Å². The number of hydrogen-bond acceptors (Lipinski definition) is 3. The summed E-state index contributed by atoms with van der Waals surface area (Å²) in [5.41, 5.74) is 0.742. The molecule has 5 heteroatoms. The van der Waals surface area contributed by atoms with Crippen molar-refractivity contribution in [3.8, 4) is 0 Å². The van der Waals surface area contributed by atoms with Crippen molar-refractivity contribution in [3.63, 3.8) is 0 Å². The van der Waals surface area contributed by atoms with E-state index >= 15 is 0 Å². The van der Waals surface area contributed by atoms with Gasteiger partial charge in [0.05, 0.1) is 11.2 Å². The summed E-state index contributed by atoms with van der Waals surface area (Å²) in [5, 5.41) is 12.9. The van der Waals surface area contributed by atoms with Crippen molar-refractivity contribution in [1.29, 1.82) is 0 Å². The molecular weight excluding hydrogens is 313 g/mol. The largest absolute Gasteiger partial charge is 0.387 e. The van der Waals surface area contributed by atoms with Crippen molar-refractivity contribution in [3.05, 3.63) is 60.2 Å². The van der Waals surface area contributed by atoms with Gasteiger partial charge in [-0.15, -0.1) is 0 Å². The molecule has 0 fully saturated rings. The molecule has 1 amide bonds. The zero-order valence-electron chi connectivity index (χ0n) is 15.2. The number of carbonyl (C=O) groups is 1. The highest BCUT2D eigenvalue weighted by molar-refractivity contribution is 6.53. The predicted octanol–water partition coefficient (Wildman–Crippen LogP) is 2.79. The maximum Gasteiger partial charge on any atom is 0.255 e. The lowest BCUT2D eigenvalue weighted by Crippen LogP contribution is -2.48. The first-order valence-electron chi connectivity index (χ1n) is 8.35. The van der Waals surface area contributed by atoms with Gasteiger partial charge in [0.25, 0.3) is 5.91 Å². The number of hydrogen-bond donors (Lipinski definition) is 2. The molecule has 25 heavy (non-hydrogen) atoms. The number of para-hydroxylation sites is 1. The topological polar surface area (TPSA) is 58.6 Å². The third-order valence-corrected chi connectivity index (χ3v) is 4.44. The standard InChI is InChI=1S/C20H25BNO3/c1-19(2,24)20(3,4)25-14-21-16-12-10-15(11-13-16)18(23)22-17-8-6-5-7-9-17/h5-13,24H,14H2,1-4H3,(H,22,23). The maximum atomic E-state index is 12.2. The van der Waals surface area contributed by atoms with Crippen LogP contribution in [-0.4, -0.2) is 36.0 Å². The predicted molar refractivity (Wildman–Crippen MR) is 103 cm³/mol. The van der Waals surface area contributed by atoms with Gasteiger partial charge in [0, 0.05) is 17.8 Å². The highest BCUT2D eigenvalue weighted by Gasteiger charge is 2.35. The zero-order chi connectivity index (χ0) is 18.5. The number of benzene rings is 2. The Bertz CT molecular complexity index is 691. The smallest absolute Gasteiger partial charge is 0.255 e. The van der Waals surface area contributed by atoms with Gasteiger partial charge in [-0.3, -0.25) is 4.79 Å². The van der Waals surface area contributed by atoms with Crippen LogP contribution in [0, 0.1) is 0 Å². The lowest BCUT2D eigenvalue weighted by molar-refractivity contribution is -0.135. The molecule has 0 aliphatic carbocycles. The fourth-order valence-electron chi connectivity index (χ4n) is 2.02. The van der Waals surface area contributed by atoms with E-state index in [2.05, 4.69) is 5.32 Å². The van der Waals surface area contributed by atoms with Gasteiger partial charge in [-0.05, 0) is 39.8 Å². The Balaban J connectivity index is 1.88. The first-order valence-corrected chi connectivity index (χ1v) is 8.35. The summed E-state index contributed by atoms with van der Waals surface area (Å²) in [6, 6.07) is 16.7. The van der Waals surface area contributed by atoms with Gasteiger partial charge in [-0.25, -0.2) is 0 Å². The molecule has 0 unspecified atom stereocenters. The van der Waals surface area contributed by atoms with Gasteiger partial charge in [0.15, 0.2) is 7.28 Å². The van der Waals surface area contributed by atoms with E-state index in [1.807, 2.05) is 63.6 Å². The minimum Gasteiger partial charge on any atom is -0.387 e. The SMILES string of the molecule is CC(C)(O)C(C)(C)OC[B]c1ccc(C(=O)Nc2ccccc2)cc1. The number of amides is 1. The van der Waals surface area contributed by atoms with Crippen molar-refractivity contribution in [2.75, 3.05) is 11.8 Å². The summed E-state index contributed by atoms with van der Waals surface area (Å²) in [5.74, 6) is -0.142. The van der Waals surface area contributed by atoms with Gasteiger partial charge in [-0.1, -0.05) is 47.9 Å². The first kappa shape index (κ1) is 19.2. The molecule has 0 aliphatic heterocycles. The number of nitrogens with one attached hydrogen (secondary N) is 1. The molecule has 1 radical (unpaired) electrons. The summed E-state index contributed by atoms with van der Waals surface area (Å²) in [7, 11) is 1.92. The fourth-order valence-corrected chi connectivity index (χ4v) is 2.02. The Kier molecular flexibility index (Phi) is 6.04. The van der Waals surface area contributed by atoms with E-state index in [1.54, 1.807) is 26.0 Å². The van der Waals surface area contributed by atoms with E-state index in [4.69, 9.17) is 4.74 Å². The molecule has 2 N–H and O–H groups in total. The minimum atomic E-state index is -0.930. The van der Waals surface area contributed by atoms with Crippen molar-refractivity contribution in [1.82, 2.24) is 0 Å². The number of aliphatic hydroxyl groups is 1. The molecule has 2 aromatic carbocycles. The molecule has 0 aliphatic rings. The van der Waals surface area contributed by atoms with Gasteiger partial charge in [-0.2, -0.15) is 0 Å². The van der Waals surface area contributed by atoms with Gasteiger partial charge < -0.3 is 15.2 Å². The summed E-state index contributed by atoms with van der Waals surface area (Å²) >= 11 is 0. The van der Waals surface area contributed by atoms with Crippen LogP contribution in [0.25, 0.3) is 0 Å². The molecule has 0 atom stereocenters. The normalized spacial score (nSPS) is 11.9. The number of anilines is 1. The number of rotatable bonds is 7. The average Bonchev–Trinajstić information content (AvgIpc) is 2.55. The Morgan fingerprint density at radius 2 is 1.64 bits per heavy atom.